The molecule has 0 aliphatic rings. The van der Waals surface area contributed by atoms with Crippen molar-refractivity contribution in [2.45, 2.75) is 19.7 Å². The highest BCUT2D eigenvalue weighted by atomic mass is 35.5. The number of hydrogen-bond acceptors (Lipinski definition) is 4. The average Bonchev–Trinajstić information content (AvgIpc) is 3.15. The lowest BCUT2D eigenvalue weighted by Crippen LogP contribution is -2.12. The van der Waals surface area contributed by atoms with E-state index in [-0.39, 0.29) is 12.4 Å². The molecule has 3 rings (SSSR count). The van der Waals surface area contributed by atoms with Gasteiger partial charge in [-0.15, -0.1) is 11.3 Å². The van der Waals surface area contributed by atoms with Gasteiger partial charge in [0.05, 0.1) is 12.1 Å². The zero-order chi connectivity index (χ0) is 18.4. The highest BCUT2D eigenvalue weighted by Gasteiger charge is 2.12. The first kappa shape index (κ1) is 18.7. The van der Waals surface area contributed by atoms with Gasteiger partial charge >= 0.3 is 0 Å². The molecule has 0 fully saturated rings. The van der Waals surface area contributed by atoms with E-state index < -0.39 is 0 Å². The highest BCUT2D eigenvalue weighted by molar-refractivity contribution is 7.09. The van der Waals surface area contributed by atoms with E-state index in [0.29, 0.717) is 23.1 Å². The normalized spacial score (nSPS) is 10.7. The van der Waals surface area contributed by atoms with Crippen molar-refractivity contribution >= 4 is 22.9 Å². The van der Waals surface area contributed by atoms with Crippen LogP contribution in [0.2, 0.25) is 5.02 Å². The Kier molecular flexibility index (Phi) is 6.50. The van der Waals surface area contributed by atoms with Gasteiger partial charge in [0.15, 0.2) is 11.5 Å². The zero-order valence-corrected chi connectivity index (χ0v) is 15.9. The lowest BCUT2D eigenvalue weighted by Gasteiger charge is -2.14. The molecule has 2 aromatic carbocycles. The van der Waals surface area contributed by atoms with Gasteiger partial charge in [0.25, 0.3) is 0 Å². The summed E-state index contributed by atoms with van der Waals surface area (Å²) in [7, 11) is 1.58. The number of ether oxygens (including phenoxy) is 2. The fourth-order valence-electron chi connectivity index (χ4n) is 2.49. The smallest absolute Gasteiger partial charge is 0.180 e. The second kappa shape index (κ2) is 9.03. The molecule has 6 heteroatoms. The molecule has 1 N–H and O–H groups in total. The summed E-state index contributed by atoms with van der Waals surface area (Å²) >= 11 is 8.11. The quantitative estimate of drug-likeness (QED) is 0.556. The number of benzene rings is 2. The Balaban J connectivity index is 1.65. The Morgan fingerprint density at radius 1 is 1.08 bits per heavy atom. The third kappa shape index (κ3) is 4.97. The molecule has 0 aliphatic heterocycles. The largest absolute Gasteiger partial charge is 0.493 e. The predicted molar refractivity (Wildman–Crippen MR) is 104 cm³/mol. The Bertz CT molecular complexity index is 838. The molecule has 3 nitrogen and oxygen atoms in total. The van der Waals surface area contributed by atoms with Crippen molar-refractivity contribution < 1.29 is 13.9 Å². The fraction of sp³-hybridized carbons (Fsp3) is 0.200. The van der Waals surface area contributed by atoms with E-state index in [9.17, 15) is 4.39 Å². The van der Waals surface area contributed by atoms with E-state index in [1.54, 1.807) is 30.6 Å². The van der Waals surface area contributed by atoms with Crippen molar-refractivity contribution in [2.24, 2.45) is 0 Å². The van der Waals surface area contributed by atoms with Gasteiger partial charge in [0.2, 0.25) is 0 Å². The number of rotatable bonds is 8. The molecule has 0 saturated carbocycles. The summed E-state index contributed by atoms with van der Waals surface area (Å²) < 4.78 is 24.2. The van der Waals surface area contributed by atoms with Gasteiger partial charge in [0.1, 0.15) is 12.4 Å². The summed E-state index contributed by atoms with van der Waals surface area (Å²) in [6, 6.07) is 14.1. The minimum Gasteiger partial charge on any atom is -0.493 e. The summed E-state index contributed by atoms with van der Waals surface area (Å²) in [6.45, 7) is 1.76. The maximum Gasteiger partial charge on any atom is 0.180 e. The fourth-order valence-corrected chi connectivity index (χ4v) is 3.46. The molecule has 0 spiro atoms. The molecule has 0 bridgehead atoms. The highest BCUT2D eigenvalue weighted by Crippen LogP contribution is 2.37. The Morgan fingerprint density at radius 2 is 1.88 bits per heavy atom. The lowest BCUT2D eigenvalue weighted by molar-refractivity contribution is 0.284. The van der Waals surface area contributed by atoms with Crippen LogP contribution in [0.5, 0.6) is 11.5 Å². The number of methoxy groups -OCH3 is 1. The SMILES string of the molecule is COc1cc(CNCc2cccs2)cc(Cl)c1OCc1ccc(F)cc1. The first-order valence-corrected chi connectivity index (χ1v) is 9.38. The van der Waals surface area contributed by atoms with Crippen LogP contribution in [0, 0.1) is 5.82 Å². The summed E-state index contributed by atoms with van der Waals surface area (Å²) in [5.41, 5.74) is 1.86. The molecule has 1 heterocycles. The molecule has 0 unspecified atom stereocenters. The van der Waals surface area contributed by atoms with Crippen molar-refractivity contribution in [3.8, 4) is 11.5 Å². The van der Waals surface area contributed by atoms with Gasteiger partial charge < -0.3 is 14.8 Å². The second-order valence-corrected chi connectivity index (χ2v) is 7.15. The lowest BCUT2D eigenvalue weighted by atomic mass is 10.2. The van der Waals surface area contributed by atoms with Crippen LogP contribution < -0.4 is 14.8 Å². The van der Waals surface area contributed by atoms with Gasteiger partial charge in [-0.1, -0.05) is 29.8 Å². The molecule has 0 aliphatic carbocycles. The molecule has 136 valence electrons. The average molecular weight is 392 g/mol. The number of nitrogens with one attached hydrogen (secondary N) is 1. The van der Waals surface area contributed by atoms with Crippen LogP contribution >= 0.6 is 22.9 Å². The molecular weight excluding hydrogens is 373 g/mol. The van der Waals surface area contributed by atoms with Crippen molar-refractivity contribution in [3.05, 3.63) is 80.8 Å². The van der Waals surface area contributed by atoms with Crippen LogP contribution in [0.3, 0.4) is 0 Å². The van der Waals surface area contributed by atoms with Crippen LogP contribution in [0.1, 0.15) is 16.0 Å². The number of thiophene rings is 1. The molecule has 0 radical (unpaired) electrons. The third-order valence-electron chi connectivity index (χ3n) is 3.79. The van der Waals surface area contributed by atoms with Crippen molar-refractivity contribution in [3.63, 3.8) is 0 Å². The molecule has 1 aromatic heterocycles. The van der Waals surface area contributed by atoms with Crippen molar-refractivity contribution in [1.82, 2.24) is 5.32 Å². The third-order valence-corrected chi connectivity index (χ3v) is 4.95. The number of halogens is 2. The van der Waals surface area contributed by atoms with Crippen LogP contribution in [-0.2, 0) is 19.7 Å². The van der Waals surface area contributed by atoms with Gasteiger partial charge in [-0.05, 0) is 46.8 Å². The van der Waals surface area contributed by atoms with Crippen LogP contribution in [0.25, 0.3) is 0 Å². The zero-order valence-electron chi connectivity index (χ0n) is 14.3. The summed E-state index contributed by atoms with van der Waals surface area (Å²) in [6.07, 6.45) is 0. The Morgan fingerprint density at radius 3 is 2.58 bits per heavy atom. The van der Waals surface area contributed by atoms with Crippen LogP contribution in [-0.4, -0.2) is 7.11 Å². The number of hydrogen-bond donors (Lipinski definition) is 1. The van der Waals surface area contributed by atoms with Gasteiger partial charge in [-0.3, -0.25) is 0 Å². The molecule has 26 heavy (non-hydrogen) atoms. The van der Waals surface area contributed by atoms with E-state index in [1.165, 1.54) is 17.0 Å². The molecule has 0 atom stereocenters. The second-order valence-electron chi connectivity index (χ2n) is 5.71. The monoisotopic (exact) mass is 391 g/mol. The van der Waals surface area contributed by atoms with E-state index in [2.05, 4.69) is 16.8 Å². The van der Waals surface area contributed by atoms with Crippen molar-refractivity contribution in [1.29, 1.82) is 0 Å². The Hall–Kier alpha value is -2.08. The van der Waals surface area contributed by atoms with E-state index in [4.69, 9.17) is 21.1 Å². The topological polar surface area (TPSA) is 30.5 Å². The minimum atomic E-state index is -0.274. The van der Waals surface area contributed by atoms with E-state index in [0.717, 1.165) is 17.7 Å². The predicted octanol–water partition coefficient (Wildman–Crippen LogP) is 5.42. The minimum absolute atomic E-state index is 0.274. The van der Waals surface area contributed by atoms with Gasteiger partial charge in [0, 0.05) is 18.0 Å². The van der Waals surface area contributed by atoms with E-state index >= 15 is 0 Å². The summed E-state index contributed by atoms with van der Waals surface area (Å²) in [5.74, 6) is 0.789. The molecule has 0 saturated heterocycles. The molecule has 0 amide bonds. The molecule has 3 aromatic rings. The maximum atomic E-state index is 13.0. The maximum absolute atomic E-state index is 13.0. The first-order chi connectivity index (χ1) is 12.7. The van der Waals surface area contributed by atoms with Gasteiger partial charge in [-0.2, -0.15) is 0 Å². The first-order valence-electron chi connectivity index (χ1n) is 8.12. The molecular formula is C20H19ClFNO2S. The van der Waals surface area contributed by atoms with Crippen LogP contribution in [0.15, 0.2) is 53.9 Å². The summed E-state index contributed by atoms with van der Waals surface area (Å²) in [5, 5.41) is 5.93. The van der Waals surface area contributed by atoms with E-state index in [1.807, 2.05) is 18.2 Å². The Labute approximate surface area is 161 Å². The summed E-state index contributed by atoms with van der Waals surface area (Å²) in [4.78, 5) is 1.28. The van der Waals surface area contributed by atoms with Crippen molar-refractivity contribution in [2.75, 3.05) is 7.11 Å². The van der Waals surface area contributed by atoms with Gasteiger partial charge in [-0.25, -0.2) is 4.39 Å². The standard InChI is InChI=1S/C20H19ClFNO2S/c1-24-19-10-15(11-23-12-17-3-2-8-26-17)9-18(21)20(19)25-13-14-4-6-16(22)7-5-14/h2-10,23H,11-13H2,1H3. The van der Waals surface area contributed by atoms with Crippen LogP contribution in [0.4, 0.5) is 4.39 Å².